The number of aryl methyl sites for hydroxylation is 1. The van der Waals surface area contributed by atoms with Crippen molar-refractivity contribution in [2.75, 3.05) is 0 Å². The lowest BCUT2D eigenvalue weighted by Crippen LogP contribution is -2.26. The zero-order valence-electron chi connectivity index (χ0n) is 13.6. The van der Waals surface area contributed by atoms with Gasteiger partial charge in [-0.15, -0.1) is 16.4 Å². The molecule has 6 nitrogen and oxygen atoms in total. The second kappa shape index (κ2) is 5.73. The Morgan fingerprint density at radius 1 is 1.35 bits per heavy atom. The second-order valence-electron chi connectivity index (χ2n) is 6.45. The van der Waals surface area contributed by atoms with Crippen molar-refractivity contribution in [1.29, 1.82) is 0 Å². The second-order valence-corrected chi connectivity index (χ2v) is 7.56. The number of amides is 1. The Labute approximate surface area is 138 Å². The number of nitrogens with zero attached hydrogens (tertiary/aromatic N) is 4. The first-order chi connectivity index (χ1) is 10.8. The maximum Gasteiger partial charge on any atom is 0.291 e. The minimum Gasteiger partial charge on any atom is -0.343 e. The largest absolute Gasteiger partial charge is 0.343 e. The van der Waals surface area contributed by atoms with Crippen LogP contribution < -0.4 is 5.32 Å². The molecule has 3 rings (SSSR count). The number of hydrogen-bond acceptors (Lipinski definition) is 5. The summed E-state index contributed by atoms with van der Waals surface area (Å²) in [5, 5.41) is 7.92. The molecule has 0 bridgehead atoms. The summed E-state index contributed by atoms with van der Waals surface area (Å²) in [6.07, 6.45) is 1.58. The Kier molecular flexibility index (Phi) is 3.89. The van der Waals surface area contributed by atoms with Crippen molar-refractivity contribution in [3.63, 3.8) is 0 Å². The van der Waals surface area contributed by atoms with Gasteiger partial charge in [0.2, 0.25) is 5.82 Å². The number of thiazole rings is 1. The minimum absolute atomic E-state index is 0.178. The molecule has 0 spiro atoms. The number of hydrogen-bond donors (Lipinski definition) is 1. The van der Waals surface area contributed by atoms with Crippen LogP contribution in [0.25, 0.3) is 10.2 Å². The average Bonchev–Trinajstić information content (AvgIpc) is 3.10. The molecule has 3 aromatic rings. The van der Waals surface area contributed by atoms with Crippen molar-refractivity contribution >= 4 is 27.5 Å². The highest BCUT2D eigenvalue weighted by molar-refractivity contribution is 7.18. The van der Waals surface area contributed by atoms with Crippen LogP contribution in [0.15, 0.2) is 24.5 Å². The van der Waals surface area contributed by atoms with Crippen LogP contribution in [-0.2, 0) is 12.1 Å². The van der Waals surface area contributed by atoms with E-state index in [0.29, 0.717) is 6.54 Å². The van der Waals surface area contributed by atoms with Gasteiger partial charge in [-0.25, -0.2) is 14.6 Å². The summed E-state index contributed by atoms with van der Waals surface area (Å²) < 4.78 is 2.80. The van der Waals surface area contributed by atoms with Gasteiger partial charge in [0.1, 0.15) is 11.3 Å². The monoisotopic (exact) mass is 329 g/mol. The van der Waals surface area contributed by atoms with Crippen molar-refractivity contribution in [3.8, 4) is 0 Å². The van der Waals surface area contributed by atoms with Gasteiger partial charge in [-0.3, -0.25) is 4.79 Å². The predicted molar refractivity (Wildman–Crippen MR) is 90.5 cm³/mol. The van der Waals surface area contributed by atoms with Gasteiger partial charge in [0, 0.05) is 0 Å². The van der Waals surface area contributed by atoms with E-state index in [4.69, 9.17) is 0 Å². The summed E-state index contributed by atoms with van der Waals surface area (Å²) in [5.74, 6) is -0.111. The van der Waals surface area contributed by atoms with Crippen LogP contribution in [0.2, 0.25) is 0 Å². The molecule has 0 fully saturated rings. The van der Waals surface area contributed by atoms with Gasteiger partial charge < -0.3 is 5.32 Å². The van der Waals surface area contributed by atoms with Crippen molar-refractivity contribution in [3.05, 3.63) is 40.9 Å². The summed E-state index contributed by atoms with van der Waals surface area (Å²) in [6, 6.07) is 6.16. The first-order valence-corrected chi connectivity index (χ1v) is 8.21. The van der Waals surface area contributed by atoms with E-state index in [9.17, 15) is 4.79 Å². The number of nitrogens with one attached hydrogen (secondary N) is 1. The van der Waals surface area contributed by atoms with E-state index >= 15 is 0 Å². The van der Waals surface area contributed by atoms with Crippen molar-refractivity contribution in [2.45, 2.75) is 39.8 Å². The number of carbonyl (C=O) groups is 1. The molecular formula is C16H19N5OS. The van der Waals surface area contributed by atoms with Gasteiger partial charge in [-0.2, -0.15) is 0 Å². The maximum atomic E-state index is 12.2. The number of benzene rings is 1. The molecule has 0 saturated heterocycles. The van der Waals surface area contributed by atoms with E-state index in [1.165, 1.54) is 5.56 Å². The van der Waals surface area contributed by atoms with Gasteiger partial charge in [-0.05, 0) is 45.4 Å². The fraction of sp³-hybridized carbons (Fsp3) is 0.375. The normalized spacial score (nSPS) is 11.8. The summed E-state index contributed by atoms with van der Waals surface area (Å²) in [6.45, 7) is 8.43. The van der Waals surface area contributed by atoms with Gasteiger partial charge in [-0.1, -0.05) is 6.07 Å². The van der Waals surface area contributed by atoms with Crippen molar-refractivity contribution < 1.29 is 4.79 Å². The number of fused-ring (bicyclic) bond motifs is 1. The Bertz CT molecular complexity index is 859. The maximum absolute atomic E-state index is 12.2. The Hall–Kier alpha value is -2.28. The van der Waals surface area contributed by atoms with Crippen LogP contribution in [0, 0.1) is 6.92 Å². The number of carbonyl (C=O) groups excluding carboxylic acids is 1. The molecule has 0 unspecified atom stereocenters. The molecule has 0 aliphatic heterocycles. The third-order valence-electron chi connectivity index (χ3n) is 3.37. The lowest BCUT2D eigenvalue weighted by Gasteiger charge is -2.17. The molecule has 7 heteroatoms. The molecule has 0 aliphatic carbocycles. The average molecular weight is 329 g/mol. The van der Waals surface area contributed by atoms with Crippen LogP contribution in [-0.4, -0.2) is 25.7 Å². The highest BCUT2D eigenvalue weighted by Gasteiger charge is 2.18. The summed E-state index contributed by atoms with van der Waals surface area (Å²) in [4.78, 5) is 20.8. The summed E-state index contributed by atoms with van der Waals surface area (Å²) in [5.41, 5.74) is 1.95. The molecule has 1 aromatic carbocycles. The van der Waals surface area contributed by atoms with Crippen LogP contribution >= 0.6 is 11.3 Å². The van der Waals surface area contributed by atoms with Gasteiger partial charge >= 0.3 is 0 Å². The quantitative estimate of drug-likeness (QED) is 0.802. The molecule has 120 valence electrons. The van der Waals surface area contributed by atoms with E-state index in [1.807, 2.05) is 33.8 Å². The van der Waals surface area contributed by atoms with Gasteiger partial charge in [0.25, 0.3) is 5.91 Å². The SMILES string of the molecule is Cc1ccc2sc(CNC(=O)c3ncn(C(C)(C)C)n3)nc2c1. The zero-order chi connectivity index (χ0) is 16.6. The third kappa shape index (κ3) is 3.39. The molecule has 23 heavy (non-hydrogen) atoms. The molecule has 1 amide bonds. The molecule has 0 aliphatic rings. The molecular weight excluding hydrogens is 310 g/mol. The Morgan fingerprint density at radius 3 is 2.83 bits per heavy atom. The number of rotatable bonds is 3. The predicted octanol–water partition coefficient (Wildman–Crippen LogP) is 2.88. The first-order valence-electron chi connectivity index (χ1n) is 7.39. The zero-order valence-corrected chi connectivity index (χ0v) is 14.4. The molecule has 0 saturated carbocycles. The molecule has 1 N–H and O–H groups in total. The Balaban J connectivity index is 1.69. The Morgan fingerprint density at radius 2 is 2.13 bits per heavy atom. The molecule has 2 heterocycles. The van der Waals surface area contributed by atoms with Crippen LogP contribution in [0.5, 0.6) is 0 Å². The van der Waals surface area contributed by atoms with Crippen LogP contribution in [0.1, 0.15) is 42.0 Å². The lowest BCUT2D eigenvalue weighted by molar-refractivity contribution is 0.0939. The number of aromatic nitrogens is 4. The van der Waals surface area contributed by atoms with Gasteiger partial charge in [0.15, 0.2) is 0 Å². The van der Waals surface area contributed by atoms with E-state index in [-0.39, 0.29) is 17.3 Å². The summed E-state index contributed by atoms with van der Waals surface area (Å²) >= 11 is 1.58. The van der Waals surface area contributed by atoms with Gasteiger partial charge in [0.05, 0.1) is 22.3 Å². The topological polar surface area (TPSA) is 72.7 Å². The fourth-order valence-electron chi connectivity index (χ4n) is 2.09. The van der Waals surface area contributed by atoms with E-state index in [2.05, 4.69) is 32.5 Å². The molecule has 2 aromatic heterocycles. The fourth-order valence-corrected chi connectivity index (χ4v) is 2.97. The standard InChI is InChI=1S/C16H19N5OS/c1-10-5-6-12-11(7-10)19-13(23-12)8-17-15(22)14-18-9-21(20-14)16(2,3)4/h5-7,9H,8H2,1-4H3,(H,17,22). The lowest BCUT2D eigenvalue weighted by atomic mass is 10.1. The van der Waals surface area contributed by atoms with Crippen LogP contribution in [0.4, 0.5) is 0 Å². The van der Waals surface area contributed by atoms with E-state index in [1.54, 1.807) is 22.3 Å². The smallest absolute Gasteiger partial charge is 0.291 e. The molecule has 0 atom stereocenters. The van der Waals surface area contributed by atoms with Crippen LogP contribution in [0.3, 0.4) is 0 Å². The minimum atomic E-state index is -0.288. The molecule has 0 radical (unpaired) electrons. The third-order valence-corrected chi connectivity index (χ3v) is 4.41. The van der Waals surface area contributed by atoms with Crippen molar-refractivity contribution in [2.24, 2.45) is 0 Å². The highest BCUT2D eigenvalue weighted by atomic mass is 32.1. The van der Waals surface area contributed by atoms with E-state index < -0.39 is 0 Å². The van der Waals surface area contributed by atoms with E-state index in [0.717, 1.165) is 15.2 Å². The first kappa shape index (κ1) is 15.6. The highest BCUT2D eigenvalue weighted by Crippen LogP contribution is 2.22. The van der Waals surface area contributed by atoms with Crippen molar-refractivity contribution in [1.82, 2.24) is 25.1 Å². The summed E-state index contributed by atoms with van der Waals surface area (Å²) in [7, 11) is 0.